The minimum absolute atomic E-state index is 0.138. The second-order valence-corrected chi connectivity index (χ2v) is 5.35. The Hall–Kier alpha value is -1.29. The molecule has 96 valence electrons. The zero-order valence-corrected chi connectivity index (χ0v) is 11.3. The number of hydrogen-bond acceptors (Lipinski definition) is 3. The molecule has 0 saturated heterocycles. The van der Waals surface area contributed by atoms with E-state index in [1.54, 1.807) is 24.3 Å². The first-order valence-electron chi connectivity index (χ1n) is 6.20. The maximum Gasteiger partial charge on any atom is 0.261 e. The summed E-state index contributed by atoms with van der Waals surface area (Å²) in [6, 6.07) is 7.05. The molecule has 0 N–H and O–H groups in total. The minimum Gasteiger partial charge on any atom is -0.274 e. The van der Waals surface area contributed by atoms with Gasteiger partial charge < -0.3 is 0 Å². The summed E-state index contributed by atoms with van der Waals surface area (Å²) >= 11 is 1.83. The van der Waals surface area contributed by atoms with E-state index in [2.05, 4.69) is 6.26 Å². The van der Waals surface area contributed by atoms with E-state index in [1.165, 1.54) is 4.90 Å². The first-order chi connectivity index (χ1) is 8.75. The highest BCUT2D eigenvalue weighted by molar-refractivity contribution is 7.98. The third-order valence-corrected chi connectivity index (χ3v) is 3.81. The van der Waals surface area contributed by atoms with E-state index in [-0.39, 0.29) is 11.8 Å². The zero-order chi connectivity index (χ0) is 13.0. The van der Waals surface area contributed by atoms with Gasteiger partial charge in [-0.05, 0) is 37.0 Å². The Morgan fingerprint density at radius 2 is 1.61 bits per heavy atom. The second-order valence-electron chi connectivity index (χ2n) is 4.36. The molecule has 2 rings (SSSR count). The molecule has 1 heterocycles. The molecule has 1 aromatic rings. The fourth-order valence-corrected chi connectivity index (χ4v) is 2.63. The summed E-state index contributed by atoms with van der Waals surface area (Å²) in [5, 5.41) is 0. The highest BCUT2D eigenvalue weighted by Crippen LogP contribution is 2.22. The molecule has 2 amide bonds. The van der Waals surface area contributed by atoms with Crippen LogP contribution in [0.15, 0.2) is 24.3 Å². The van der Waals surface area contributed by atoms with Crippen LogP contribution in [0.3, 0.4) is 0 Å². The SMILES string of the molecule is CSCCCCCN1C(=O)c2ccccc2C1=O. The van der Waals surface area contributed by atoms with Crippen molar-refractivity contribution in [1.29, 1.82) is 0 Å². The standard InChI is InChI=1S/C14H17NO2S/c1-18-10-6-2-5-9-15-13(16)11-7-3-4-8-12(11)14(15)17/h3-4,7-8H,2,5-6,9-10H2,1H3. The lowest BCUT2D eigenvalue weighted by Crippen LogP contribution is -2.30. The van der Waals surface area contributed by atoms with Crippen molar-refractivity contribution in [3.63, 3.8) is 0 Å². The van der Waals surface area contributed by atoms with Crippen LogP contribution in [0.25, 0.3) is 0 Å². The normalized spacial score (nSPS) is 14.2. The summed E-state index contributed by atoms with van der Waals surface area (Å²) in [5.74, 6) is 0.864. The predicted octanol–water partition coefficient (Wildman–Crippen LogP) is 2.82. The van der Waals surface area contributed by atoms with Crippen LogP contribution in [-0.2, 0) is 0 Å². The van der Waals surface area contributed by atoms with Crippen LogP contribution in [-0.4, -0.2) is 35.3 Å². The van der Waals surface area contributed by atoms with Crippen LogP contribution < -0.4 is 0 Å². The average molecular weight is 263 g/mol. The molecule has 0 bridgehead atoms. The summed E-state index contributed by atoms with van der Waals surface area (Å²) in [6.07, 6.45) is 5.19. The highest BCUT2D eigenvalue weighted by Gasteiger charge is 2.34. The van der Waals surface area contributed by atoms with Crippen LogP contribution in [0.4, 0.5) is 0 Å². The van der Waals surface area contributed by atoms with Gasteiger partial charge in [0.2, 0.25) is 0 Å². The highest BCUT2D eigenvalue weighted by atomic mass is 32.2. The van der Waals surface area contributed by atoms with Crippen LogP contribution in [0, 0.1) is 0 Å². The molecular formula is C14H17NO2S. The van der Waals surface area contributed by atoms with Crippen molar-refractivity contribution in [2.75, 3.05) is 18.6 Å². The van der Waals surface area contributed by atoms with Gasteiger partial charge in [-0.25, -0.2) is 0 Å². The van der Waals surface area contributed by atoms with Gasteiger partial charge in [-0.3, -0.25) is 14.5 Å². The molecule has 0 radical (unpaired) electrons. The summed E-state index contributed by atoms with van der Waals surface area (Å²) in [6.45, 7) is 0.542. The summed E-state index contributed by atoms with van der Waals surface area (Å²) < 4.78 is 0. The maximum atomic E-state index is 12.0. The van der Waals surface area contributed by atoms with Gasteiger partial charge in [-0.1, -0.05) is 18.6 Å². The summed E-state index contributed by atoms with van der Waals surface area (Å²) in [5.41, 5.74) is 1.10. The number of hydrogen-bond donors (Lipinski definition) is 0. The first kappa shape index (κ1) is 13.1. The lowest BCUT2D eigenvalue weighted by molar-refractivity contribution is 0.0651. The smallest absolute Gasteiger partial charge is 0.261 e. The fourth-order valence-electron chi connectivity index (χ4n) is 2.14. The fraction of sp³-hybridized carbons (Fsp3) is 0.429. The van der Waals surface area contributed by atoms with Gasteiger partial charge in [0, 0.05) is 6.54 Å². The molecule has 0 aliphatic carbocycles. The molecule has 0 saturated carbocycles. The maximum absolute atomic E-state index is 12.0. The van der Waals surface area contributed by atoms with Crippen molar-refractivity contribution < 1.29 is 9.59 Å². The largest absolute Gasteiger partial charge is 0.274 e. The molecule has 3 nitrogen and oxygen atoms in total. The molecule has 0 aromatic heterocycles. The van der Waals surface area contributed by atoms with E-state index in [4.69, 9.17) is 0 Å². The van der Waals surface area contributed by atoms with Crippen molar-refractivity contribution in [3.05, 3.63) is 35.4 Å². The molecule has 18 heavy (non-hydrogen) atoms. The average Bonchev–Trinajstić information content (AvgIpc) is 2.64. The Bertz CT molecular complexity index is 424. The molecule has 4 heteroatoms. The number of thioether (sulfide) groups is 1. The van der Waals surface area contributed by atoms with Gasteiger partial charge in [0.15, 0.2) is 0 Å². The Kier molecular flexibility index (Phi) is 4.42. The van der Waals surface area contributed by atoms with Crippen molar-refractivity contribution >= 4 is 23.6 Å². The van der Waals surface area contributed by atoms with Crippen LogP contribution >= 0.6 is 11.8 Å². The third kappa shape index (κ3) is 2.58. The lowest BCUT2D eigenvalue weighted by atomic mass is 10.1. The van der Waals surface area contributed by atoms with Gasteiger partial charge in [0.1, 0.15) is 0 Å². The van der Waals surface area contributed by atoms with Crippen LogP contribution in [0.1, 0.15) is 40.0 Å². The number of benzene rings is 1. The van der Waals surface area contributed by atoms with Crippen LogP contribution in [0.2, 0.25) is 0 Å². The van der Waals surface area contributed by atoms with Crippen molar-refractivity contribution in [2.24, 2.45) is 0 Å². The minimum atomic E-state index is -0.138. The molecule has 0 unspecified atom stereocenters. The topological polar surface area (TPSA) is 37.4 Å². The van der Waals surface area contributed by atoms with Gasteiger partial charge in [0.05, 0.1) is 11.1 Å². The van der Waals surface area contributed by atoms with E-state index in [0.29, 0.717) is 17.7 Å². The number of amides is 2. The number of carbonyl (C=O) groups excluding carboxylic acids is 2. The van der Waals surface area contributed by atoms with Gasteiger partial charge in [-0.2, -0.15) is 11.8 Å². The van der Waals surface area contributed by atoms with Crippen LogP contribution in [0.5, 0.6) is 0 Å². The Morgan fingerprint density at radius 1 is 1.00 bits per heavy atom. The number of imide groups is 1. The molecule has 1 aliphatic heterocycles. The van der Waals surface area contributed by atoms with Gasteiger partial charge in [0.25, 0.3) is 11.8 Å². The molecule has 1 aliphatic rings. The Balaban J connectivity index is 1.93. The van der Waals surface area contributed by atoms with E-state index in [0.717, 1.165) is 25.0 Å². The molecular weight excluding hydrogens is 246 g/mol. The summed E-state index contributed by atoms with van der Waals surface area (Å²) in [4.78, 5) is 25.4. The number of nitrogens with zero attached hydrogens (tertiary/aromatic N) is 1. The molecule has 1 aromatic carbocycles. The monoisotopic (exact) mass is 263 g/mol. The van der Waals surface area contributed by atoms with E-state index in [1.807, 2.05) is 11.8 Å². The zero-order valence-electron chi connectivity index (χ0n) is 10.5. The molecule has 0 fully saturated rings. The molecule has 0 atom stereocenters. The Morgan fingerprint density at radius 3 is 2.17 bits per heavy atom. The van der Waals surface area contributed by atoms with Gasteiger partial charge in [-0.15, -0.1) is 0 Å². The summed E-state index contributed by atoms with van der Waals surface area (Å²) in [7, 11) is 0. The molecule has 0 spiro atoms. The number of fused-ring (bicyclic) bond motifs is 1. The quantitative estimate of drug-likeness (QED) is 0.585. The van der Waals surface area contributed by atoms with Crippen molar-refractivity contribution in [2.45, 2.75) is 19.3 Å². The lowest BCUT2D eigenvalue weighted by Gasteiger charge is -2.13. The van der Waals surface area contributed by atoms with E-state index in [9.17, 15) is 9.59 Å². The second kappa shape index (κ2) is 6.05. The first-order valence-corrected chi connectivity index (χ1v) is 7.59. The van der Waals surface area contributed by atoms with E-state index >= 15 is 0 Å². The Labute approximate surface area is 112 Å². The van der Waals surface area contributed by atoms with Gasteiger partial charge >= 0.3 is 0 Å². The number of rotatable bonds is 6. The van der Waals surface area contributed by atoms with E-state index < -0.39 is 0 Å². The van der Waals surface area contributed by atoms with Crippen molar-refractivity contribution in [1.82, 2.24) is 4.90 Å². The predicted molar refractivity (Wildman–Crippen MR) is 74.0 cm³/mol. The number of carbonyl (C=O) groups is 2. The van der Waals surface area contributed by atoms with Crippen molar-refractivity contribution in [3.8, 4) is 0 Å². The third-order valence-electron chi connectivity index (χ3n) is 3.11. The number of unbranched alkanes of at least 4 members (excludes halogenated alkanes) is 2.